The number of carbonyl (C=O) groups excluding carboxylic acids is 2. The summed E-state index contributed by atoms with van der Waals surface area (Å²) in [7, 11) is 0. The van der Waals surface area contributed by atoms with E-state index in [1.54, 1.807) is 0 Å². The highest BCUT2D eigenvalue weighted by atomic mass is 19.4. The van der Waals surface area contributed by atoms with Crippen molar-refractivity contribution in [2.75, 3.05) is 26.4 Å². The quantitative estimate of drug-likeness (QED) is 0.151. The van der Waals surface area contributed by atoms with Crippen LogP contribution in [-0.2, 0) is 30.4 Å². The predicted molar refractivity (Wildman–Crippen MR) is 114 cm³/mol. The molecule has 206 valence electrons. The number of hydrogen-bond donors (Lipinski definition) is 2. The topological polar surface area (TPSA) is 148 Å². The SMILES string of the molecule is NC(N)(c1ccc(OCCOC(=O)C(=O)OCCOc2ccc(C3(C(F)(F)F)N=N3)cc2)cc1)C(F)(F)F. The fraction of sp³-hybridized carbons (Fsp3) is 0.364. The Labute approximate surface area is 210 Å². The monoisotopic (exact) mass is 550 g/mol. The van der Waals surface area contributed by atoms with Crippen LogP contribution in [0.3, 0.4) is 0 Å². The molecule has 0 fully saturated rings. The van der Waals surface area contributed by atoms with Crippen molar-refractivity contribution in [3.63, 3.8) is 0 Å². The zero-order chi connectivity index (χ0) is 28.2. The van der Waals surface area contributed by atoms with Crippen molar-refractivity contribution >= 4 is 11.9 Å². The maximum atomic E-state index is 13.0. The summed E-state index contributed by atoms with van der Waals surface area (Å²) >= 11 is 0. The number of nitrogens with zero attached hydrogens (tertiary/aromatic N) is 2. The van der Waals surface area contributed by atoms with Crippen LogP contribution in [0, 0.1) is 0 Å². The van der Waals surface area contributed by atoms with E-state index in [1.165, 1.54) is 24.3 Å². The number of hydrogen-bond acceptors (Lipinski definition) is 10. The lowest BCUT2D eigenvalue weighted by Gasteiger charge is -2.27. The van der Waals surface area contributed by atoms with Crippen molar-refractivity contribution in [3.8, 4) is 11.5 Å². The second kappa shape index (κ2) is 10.8. The molecule has 4 N–H and O–H groups in total. The molecule has 1 aliphatic heterocycles. The highest BCUT2D eigenvalue weighted by molar-refractivity contribution is 6.29. The van der Waals surface area contributed by atoms with Gasteiger partial charge in [-0.1, -0.05) is 24.3 Å². The second-order valence-corrected chi connectivity index (χ2v) is 7.75. The highest BCUT2D eigenvalue weighted by Crippen LogP contribution is 2.52. The van der Waals surface area contributed by atoms with Crippen molar-refractivity contribution in [1.29, 1.82) is 0 Å². The van der Waals surface area contributed by atoms with Gasteiger partial charge in [-0.3, -0.25) is 0 Å². The summed E-state index contributed by atoms with van der Waals surface area (Å²) in [5.41, 5.74) is 4.08. The van der Waals surface area contributed by atoms with Crippen LogP contribution in [0.4, 0.5) is 26.3 Å². The second-order valence-electron chi connectivity index (χ2n) is 7.75. The van der Waals surface area contributed by atoms with Gasteiger partial charge in [0, 0.05) is 5.56 Å². The molecular formula is C22H20F6N4O6. The summed E-state index contributed by atoms with van der Waals surface area (Å²) in [4.78, 5) is 23.3. The summed E-state index contributed by atoms with van der Waals surface area (Å²) in [6, 6.07) is 9.24. The van der Waals surface area contributed by atoms with Gasteiger partial charge in [0.1, 0.15) is 37.9 Å². The smallest absolute Gasteiger partial charge is 0.442 e. The number of esters is 2. The van der Waals surface area contributed by atoms with Gasteiger partial charge in [0.05, 0.1) is 0 Å². The summed E-state index contributed by atoms with van der Waals surface area (Å²) < 4.78 is 97.3. The van der Waals surface area contributed by atoms with Gasteiger partial charge < -0.3 is 30.4 Å². The molecule has 0 atom stereocenters. The minimum atomic E-state index is -4.87. The van der Waals surface area contributed by atoms with Gasteiger partial charge in [-0.15, -0.1) is 10.2 Å². The molecule has 0 unspecified atom stereocenters. The fourth-order valence-electron chi connectivity index (χ4n) is 2.92. The van der Waals surface area contributed by atoms with E-state index in [4.69, 9.17) is 20.9 Å². The summed E-state index contributed by atoms with van der Waals surface area (Å²) in [6.07, 6.45) is -9.53. The first-order valence-electron chi connectivity index (χ1n) is 10.6. The molecule has 2 aromatic carbocycles. The van der Waals surface area contributed by atoms with Crippen LogP contribution in [0.1, 0.15) is 11.1 Å². The van der Waals surface area contributed by atoms with Gasteiger partial charge >= 0.3 is 30.0 Å². The highest BCUT2D eigenvalue weighted by Gasteiger charge is 2.65. The van der Waals surface area contributed by atoms with E-state index < -0.39 is 41.2 Å². The molecule has 0 aliphatic carbocycles. The maximum absolute atomic E-state index is 13.0. The van der Waals surface area contributed by atoms with Gasteiger partial charge in [0.15, 0.2) is 5.66 Å². The molecule has 0 spiro atoms. The van der Waals surface area contributed by atoms with Gasteiger partial charge in [-0.05, 0) is 29.8 Å². The number of nitrogens with two attached hydrogens (primary N) is 2. The van der Waals surface area contributed by atoms with Crippen LogP contribution in [0.2, 0.25) is 0 Å². The van der Waals surface area contributed by atoms with E-state index in [-0.39, 0.29) is 43.5 Å². The van der Waals surface area contributed by atoms with Crippen LogP contribution in [-0.4, -0.2) is 50.7 Å². The van der Waals surface area contributed by atoms with Crippen LogP contribution in [0.5, 0.6) is 11.5 Å². The first kappa shape index (κ1) is 28.6. The van der Waals surface area contributed by atoms with Gasteiger partial charge in [-0.25, -0.2) is 9.59 Å². The lowest BCUT2D eigenvalue weighted by Crippen LogP contribution is -2.57. The first-order valence-corrected chi connectivity index (χ1v) is 10.6. The number of carbonyl (C=O) groups is 2. The normalized spacial score (nSPS) is 14.5. The van der Waals surface area contributed by atoms with Crippen LogP contribution in [0.15, 0.2) is 58.8 Å². The molecule has 2 aromatic rings. The first-order chi connectivity index (χ1) is 17.7. The zero-order valence-electron chi connectivity index (χ0n) is 19.2. The van der Waals surface area contributed by atoms with Gasteiger partial charge in [0.2, 0.25) is 0 Å². The average molecular weight is 550 g/mol. The third kappa shape index (κ3) is 6.49. The standard InChI is InChI=1S/C22H20F6N4O6/c23-21(24,25)19(29,30)13-1-5-15(6-2-13)35-9-11-37-17(33)18(34)38-12-10-36-16-7-3-14(4-8-16)20(31-32-20)22(26,27)28/h1-8H,9-12,29-30H2. The van der Waals surface area contributed by atoms with E-state index in [0.717, 1.165) is 24.3 Å². The number of benzene rings is 2. The Morgan fingerprint density at radius 3 is 1.50 bits per heavy atom. The van der Waals surface area contributed by atoms with E-state index in [9.17, 15) is 35.9 Å². The summed E-state index contributed by atoms with van der Waals surface area (Å²) in [6.45, 7) is -1.19. The molecule has 10 nitrogen and oxygen atoms in total. The summed E-state index contributed by atoms with van der Waals surface area (Å²) in [5, 5.41) is 6.17. The van der Waals surface area contributed by atoms with E-state index in [0.29, 0.717) is 0 Å². The zero-order valence-corrected chi connectivity index (χ0v) is 19.2. The van der Waals surface area contributed by atoms with E-state index >= 15 is 0 Å². The average Bonchev–Trinajstić information content (AvgIpc) is 3.67. The van der Waals surface area contributed by atoms with E-state index in [2.05, 4.69) is 19.7 Å². The molecule has 38 heavy (non-hydrogen) atoms. The Hall–Kier alpha value is -3.92. The third-order valence-electron chi connectivity index (χ3n) is 5.09. The van der Waals surface area contributed by atoms with Crippen LogP contribution in [0.25, 0.3) is 0 Å². The third-order valence-corrected chi connectivity index (χ3v) is 5.09. The lowest BCUT2D eigenvalue weighted by molar-refractivity contribution is -0.188. The van der Waals surface area contributed by atoms with Gasteiger partial charge in [0.25, 0.3) is 0 Å². The molecule has 0 amide bonds. The van der Waals surface area contributed by atoms with Crippen molar-refractivity contribution in [3.05, 3.63) is 59.7 Å². The number of alkyl halides is 6. The van der Waals surface area contributed by atoms with Crippen molar-refractivity contribution in [2.45, 2.75) is 23.7 Å². The molecule has 16 heteroatoms. The largest absolute Gasteiger partial charge is 0.490 e. The maximum Gasteiger partial charge on any atom is 0.442 e. The van der Waals surface area contributed by atoms with E-state index in [1.807, 2.05) is 0 Å². The van der Waals surface area contributed by atoms with Crippen molar-refractivity contribution in [1.82, 2.24) is 0 Å². The molecule has 0 radical (unpaired) electrons. The Bertz CT molecular complexity index is 1080. The molecule has 0 saturated carbocycles. The molecule has 3 rings (SSSR count). The van der Waals surface area contributed by atoms with Crippen LogP contribution >= 0.6 is 0 Å². The molecule has 1 heterocycles. The fourth-order valence-corrected chi connectivity index (χ4v) is 2.92. The summed E-state index contributed by atoms with van der Waals surface area (Å²) in [5.74, 6) is -2.35. The van der Waals surface area contributed by atoms with Crippen molar-refractivity contribution in [2.24, 2.45) is 21.7 Å². The number of ether oxygens (including phenoxy) is 4. The lowest BCUT2D eigenvalue weighted by atomic mass is 10.0. The predicted octanol–water partition coefficient (Wildman–Crippen LogP) is 3.04. The van der Waals surface area contributed by atoms with Crippen molar-refractivity contribution < 1.29 is 54.9 Å². The minimum absolute atomic E-state index is 0.130. The molecule has 0 aromatic heterocycles. The van der Waals surface area contributed by atoms with Crippen LogP contribution < -0.4 is 20.9 Å². The Morgan fingerprint density at radius 2 is 1.13 bits per heavy atom. The number of halogens is 6. The Morgan fingerprint density at radius 1 is 0.711 bits per heavy atom. The van der Waals surface area contributed by atoms with Gasteiger partial charge in [-0.2, -0.15) is 26.3 Å². The molecule has 1 aliphatic rings. The Balaban J connectivity index is 1.32. The molecule has 0 bridgehead atoms. The molecule has 0 saturated heterocycles. The minimum Gasteiger partial charge on any atom is -0.490 e. The number of rotatable bonds is 10. The Kier molecular flexibility index (Phi) is 8.16. The molecular weight excluding hydrogens is 530 g/mol.